The molecule has 2 atom stereocenters. The highest BCUT2D eigenvalue weighted by molar-refractivity contribution is 5.79. The molecule has 1 N–H and O–H groups in total. The molecular formula is C21H30N2O6. The molecule has 8 nitrogen and oxygen atoms in total. The molecule has 3 aliphatic rings. The number of likely N-dealkylation sites (tertiary alicyclic amines) is 1. The zero-order valence-electron chi connectivity index (χ0n) is 20.5. The summed E-state index contributed by atoms with van der Waals surface area (Å²) in [5, 5.41) is 0. The van der Waals surface area contributed by atoms with Crippen molar-refractivity contribution in [2.75, 3.05) is 40.0 Å². The number of rotatable bonds is 6. The predicted molar refractivity (Wildman–Crippen MR) is 104 cm³/mol. The summed E-state index contributed by atoms with van der Waals surface area (Å²) in [6.07, 6.45) is -0.880. The maximum atomic E-state index is 13.2. The first-order valence-corrected chi connectivity index (χ1v) is 9.93. The number of hydrogen-bond donors (Lipinski definition) is 1. The fraction of sp³-hybridized carbons (Fsp3) is 0.667. The minimum Gasteiger partial charge on any atom is -0.497 e. The van der Waals surface area contributed by atoms with Crippen molar-refractivity contribution in [1.29, 1.82) is 0 Å². The van der Waals surface area contributed by atoms with E-state index in [0.717, 1.165) is 18.4 Å². The number of methoxy groups -OCH3 is 1. The number of ether oxygens (including phenoxy) is 4. The molecule has 1 spiro atoms. The number of carbonyl (C=O) groups excluding carboxylic acids is 1. The van der Waals surface area contributed by atoms with Crippen LogP contribution < -0.4 is 10.2 Å². The zero-order chi connectivity index (χ0) is 23.7. The van der Waals surface area contributed by atoms with Crippen LogP contribution in [0.5, 0.6) is 5.75 Å². The number of benzene rings is 1. The summed E-state index contributed by atoms with van der Waals surface area (Å²) < 4.78 is 56.9. The number of amides is 1. The molecule has 0 aromatic heterocycles. The zero-order valence-corrected chi connectivity index (χ0v) is 16.5. The van der Waals surface area contributed by atoms with Gasteiger partial charge in [-0.05, 0) is 43.4 Å². The van der Waals surface area contributed by atoms with E-state index in [1.165, 1.54) is 4.90 Å². The third-order valence-electron chi connectivity index (χ3n) is 5.22. The van der Waals surface area contributed by atoms with Crippen LogP contribution in [0.3, 0.4) is 0 Å². The van der Waals surface area contributed by atoms with Crippen molar-refractivity contribution in [3.05, 3.63) is 29.8 Å². The van der Waals surface area contributed by atoms with E-state index in [1.54, 1.807) is 31.4 Å². The smallest absolute Gasteiger partial charge is 0.252 e. The van der Waals surface area contributed by atoms with Crippen molar-refractivity contribution in [2.24, 2.45) is 5.92 Å². The van der Waals surface area contributed by atoms with Gasteiger partial charge in [-0.1, -0.05) is 12.1 Å². The lowest BCUT2D eigenvalue weighted by atomic mass is 9.89. The Bertz CT molecular complexity index is 827. The summed E-state index contributed by atoms with van der Waals surface area (Å²) in [7, 11) is 1.56. The molecule has 160 valence electrons. The van der Waals surface area contributed by atoms with Gasteiger partial charge >= 0.3 is 0 Å². The minimum atomic E-state index is -2.66. The predicted octanol–water partition coefficient (Wildman–Crippen LogP) is 1.83. The fourth-order valence-corrected chi connectivity index (χ4v) is 3.69. The number of hydrogen-bond acceptors (Lipinski definition) is 7. The van der Waals surface area contributed by atoms with Crippen LogP contribution in [0.4, 0.5) is 0 Å². The largest absolute Gasteiger partial charge is 0.497 e. The molecular weight excluding hydrogens is 376 g/mol. The highest BCUT2D eigenvalue weighted by Gasteiger charge is 2.51. The maximum Gasteiger partial charge on any atom is 0.252 e. The monoisotopic (exact) mass is 410 g/mol. The Morgan fingerprint density at radius 2 is 2.07 bits per heavy atom. The summed E-state index contributed by atoms with van der Waals surface area (Å²) in [5.74, 6) is -3.43. The number of piperidine rings is 1. The first-order chi connectivity index (χ1) is 15.7. The van der Waals surface area contributed by atoms with E-state index in [4.69, 9.17) is 29.3 Å². The molecule has 2 unspecified atom stereocenters. The molecule has 3 saturated heterocycles. The van der Waals surface area contributed by atoms with Crippen molar-refractivity contribution in [1.82, 2.24) is 10.4 Å². The molecule has 29 heavy (non-hydrogen) atoms. The molecule has 3 heterocycles. The molecule has 8 heteroatoms. The van der Waals surface area contributed by atoms with Gasteiger partial charge < -0.3 is 18.9 Å². The molecule has 0 saturated carbocycles. The van der Waals surface area contributed by atoms with Crippen LogP contribution in [0.15, 0.2) is 24.3 Å². The Morgan fingerprint density at radius 3 is 2.76 bits per heavy atom. The third kappa shape index (κ3) is 4.90. The van der Waals surface area contributed by atoms with Crippen LogP contribution in [-0.4, -0.2) is 62.9 Å². The molecule has 0 radical (unpaired) electrons. The first-order valence-electron chi connectivity index (χ1n) is 11.9. The van der Waals surface area contributed by atoms with E-state index in [-0.39, 0.29) is 26.3 Å². The lowest BCUT2D eigenvalue weighted by molar-refractivity contribution is -0.236. The molecule has 3 fully saturated rings. The number of nitrogens with zero attached hydrogens (tertiary/aromatic N) is 1. The van der Waals surface area contributed by atoms with E-state index in [9.17, 15) is 4.79 Å². The van der Waals surface area contributed by atoms with Crippen molar-refractivity contribution in [3.8, 4) is 5.75 Å². The number of carbonyl (C=O) groups is 1. The average Bonchev–Trinajstić information content (AvgIpc) is 3.26. The van der Waals surface area contributed by atoms with Crippen LogP contribution >= 0.6 is 0 Å². The van der Waals surface area contributed by atoms with Gasteiger partial charge in [0.15, 0.2) is 12.1 Å². The van der Waals surface area contributed by atoms with Gasteiger partial charge in [0.2, 0.25) is 0 Å². The first kappa shape index (κ1) is 16.0. The lowest BCUT2D eigenvalue weighted by Crippen LogP contribution is -2.59. The lowest BCUT2D eigenvalue weighted by Gasteiger charge is -2.43. The Hall–Kier alpha value is -1.71. The summed E-state index contributed by atoms with van der Waals surface area (Å²) in [5.41, 5.74) is 3.03. The summed E-state index contributed by atoms with van der Waals surface area (Å²) >= 11 is 0. The van der Waals surface area contributed by atoms with Gasteiger partial charge in [0.1, 0.15) is 5.75 Å². The molecule has 0 aliphatic carbocycles. The van der Waals surface area contributed by atoms with Gasteiger partial charge in [-0.25, -0.2) is 10.3 Å². The Morgan fingerprint density at radius 1 is 1.28 bits per heavy atom. The average molecular weight is 411 g/mol. The number of nitrogens with one attached hydrogen (secondary N) is 1. The summed E-state index contributed by atoms with van der Waals surface area (Å²) in [4.78, 5) is 19.8. The second-order valence-corrected chi connectivity index (χ2v) is 7.28. The summed E-state index contributed by atoms with van der Waals surface area (Å²) in [6.45, 7) is -1.69. The molecule has 1 aromatic carbocycles. The van der Waals surface area contributed by atoms with Gasteiger partial charge in [-0.2, -0.15) is 0 Å². The molecule has 0 bridgehead atoms. The van der Waals surface area contributed by atoms with Crippen molar-refractivity contribution >= 4 is 5.91 Å². The molecule has 3 aliphatic heterocycles. The number of hydroxylamine groups is 1. The minimum absolute atomic E-state index is 0.0890. The Labute approximate surface area is 177 Å². The maximum absolute atomic E-state index is 13.2. The highest BCUT2D eigenvalue weighted by Crippen LogP contribution is 2.36. The van der Waals surface area contributed by atoms with Crippen LogP contribution in [0.25, 0.3) is 0 Å². The molecule has 4 rings (SSSR count). The second-order valence-electron chi connectivity index (χ2n) is 7.28. The molecule has 1 aromatic rings. The van der Waals surface area contributed by atoms with Gasteiger partial charge in [0.25, 0.3) is 5.91 Å². The Kier molecular flexibility index (Phi) is 5.20. The van der Waals surface area contributed by atoms with Crippen LogP contribution in [-0.2, 0) is 30.4 Å². The van der Waals surface area contributed by atoms with Gasteiger partial charge in [0.05, 0.1) is 32.8 Å². The van der Waals surface area contributed by atoms with E-state index >= 15 is 0 Å². The van der Waals surface area contributed by atoms with E-state index in [1.807, 2.05) is 0 Å². The summed E-state index contributed by atoms with van der Waals surface area (Å²) in [6, 6.07) is 7.07. The standard InChI is InChI=1S/C21H30N2O6/c1-25-17-7-5-16(6-8-17)14-23-10-9-18(21(15-23)27-12-13-28-21)20(24)22-29-19-4-2-3-11-26-19/h5-8,18-19H,2-4,9-15H2,1H3,(H,22,24)/i9D2,10D2. The Balaban J connectivity index is 1.56. The fourth-order valence-electron chi connectivity index (χ4n) is 3.69. The van der Waals surface area contributed by atoms with Gasteiger partial charge in [-0.15, -0.1) is 0 Å². The van der Waals surface area contributed by atoms with Crippen LogP contribution in [0.2, 0.25) is 0 Å². The quantitative estimate of drug-likeness (QED) is 0.717. The van der Waals surface area contributed by atoms with E-state index in [2.05, 4.69) is 5.48 Å². The second kappa shape index (κ2) is 9.40. The molecule has 1 amide bonds. The van der Waals surface area contributed by atoms with Gasteiger partial charge in [-0.3, -0.25) is 9.69 Å². The SMILES string of the molecule is [2H]C1([2H])C(C(=O)NOC2CCCCO2)C2(CN(Cc3ccc(OC)cc3)C1([2H])[2H])OCCO2. The van der Waals surface area contributed by atoms with E-state index in [0.29, 0.717) is 18.8 Å². The van der Waals surface area contributed by atoms with Crippen LogP contribution in [0, 0.1) is 5.92 Å². The van der Waals surface area contributed by atoms with Crippen molar-refractivity contribution in [3.63, 3.8) is 0 Å². The van der Waals surface area contributed by atoms with Crippen molar-refractivity contribution < 1.29 is 34.1 Å². The van der Waals surface area contributed by atoms with Crippen molar-refractivity contribution in [2.45, 2.75) is 44.3 Å². The van der Waals surface area contributed by atoms with Gasteiger partial charge in [0, 0.05) is 25.1 Å². The topological polar surface area (TPSA) is 78.5 Å². The third-order valence-corrected chi connectivity index (χ3v) is 5.22. The van der Waals surface area contributed by atoms with E-state index < -0.39 is 36.8 Å². The van der Waals surface area contributed by atoms with Crippen LogP contribution in [0.1, 0.15) is 36.7 Å². The normalized spacial score (nSPS) is 32.6. The highest BCUT2D eigenvalue weighted by atomic mass is 16.8.